The molecule has 1 aliphatic rings. The van der Waals surface area contributed by atoms with Crippen LogP contribution in [0.5, 0.6) is 0 Å². The van der Waals surface area contributed by atoms with E-state index in [2.05, 4.69) is 26.2 Å². The number of benzene rings is 1. The SMILES string of the molecule is CCOC(=O)C1=C(CC(C(=O)OC(C)(C)C)C(=O)OC(C)(C)C)NC(c2nccs2)=N[C@H]1c1ccc(F)cc1Br. The Balaban J connectivity index is 2.21. The molecule has 216 valence electrons. The number of hydrogen-bond donors (Lipinski definition) is 1. The number of aromatic nitrogens is 1. The van der Waals surface area contributed by atoms with Gasteiger partial charge in [-0.1, -0.05) is 22.0 Å². The minimum absolute atomic E-state index is 0.0616. The lowest BCUT2D eigenvalue weighted by Gasteiger charge is -2.30. The maximum Gasteiger partial charge on any atom is 0.338 e. The molecule has 0 spiro atoms. The van der Waals surface area contributed by atoms with Crippen LogP contribution in [0.4, 0.5) is 4.39 Å². The highest BCUT2D eigenvalue weighted by Crippen LogP contribution is 2.38. The lowest BCUT2D eigenvalue weighted by atomic mass is 9.91. The molecular formula is C28H33BrFN3O6S. The molecule has 0 fully saturated rings. The number of hydrogen-bond acceptors (Lipinski definition) is 10. The van der Waals surface area contributed by atoms with E-state index in [4.69, 9.17) is 19.2 Å². The van der Waals surface area contributed by atoms with Crippen molar-refractivity contribution < 1.29 is 33.0 Å². The van der Waals surface area contributed by atoms with Gasteiger partial charge in [0.05, 0.1) is 12.2 Å². The van der Waals surface area contributed by atoms with Crippen LogP contribution in [0.25, 0.3) is 0 Å². The molecule has 1 aliphatic heterocycles. The van der Waals surface area contributed by atoms with Crippen LogP contribution in [-0.4, -0.2) is 46.5 Å². The molecule has 1 aromatic heterocycles. The van der Waals surface area contributed by atoms with E-state index in [1.54, 1.807) is 60.0 Å². The minimum atomic E-state index is -1.42. The number of nitrogens with one attached hydrogen (secondary N) is 1. The number of esters is 3. The van der Waals surface area contributed by atoms with Crippen molar-refractivity contribution in [1.29, 1.82) is 0 Å². The molecule has 2 aromatic rings. The van der Waals surface area contributed by atoms with Crippen LogP contribution in [0.3, 0.4) is 0 Å². The summed E-state index contributed by atoms with van der Waals surface area (Å²) in [5.74, 6) is -3.91. The van der Waals surface area contributed by atoms with Crippen molar-refractivity contribution >= 4 is 51.0 Å². The summed E-state index contributed by atoms with van der Waals surface area (Å²) in [4.78, 5) is 49.2. The standard InChI is InChI=1S/C28H33BrFN3O6S/c1-8-37-26(36)20-19(14-17(24(34)38-27(2,3)4)25(35)39-28(5,6)7)32-22(23-31-11-12-40-23)33-21(20)16-10-9-15(30)13-18(16)29/h9-13,17,21H,8,14H2,1-7H3,(H,32,33)/t21-/m0/s1. The molecule has 1 aromatic carbocycles. The van der Waals surface area contributed by atoms with Gasteiger partial charge in [0, 0.05) is 28.2 Å². The van der Waals surface area contributed by atoms with Gasteiger partial charge in [-0.2, -0.15) is 0 Å². The molecule has 0 radical (unpaired) electrons. The summed E-state index contributed by atoms with van der Waals surface area (Å²) in [6, 6.07) is 3.06. The first-order valence-corrected chi connectivity index (χ1v) is 14.3. The number of carbonyl (C=O) groups is 3. The van der Waals surface area contributed by atoms with Crippen molar-refractivity contribution in [2.75, 3.05) is 6.61 Å². The Bertz CT molecular complexity index is 1300. The number of rotatable bonds is 8. The van der Waals surface area contributed by atoms with Crippen molar-refractivity contribution in [3.8, 4) is 0 Å². The van der Waals surface area contributed by atoms with E-state index in [0.717, 1.165) is 0 Å². The highest BCUT2D eigenvalue weighted by Gasteiger charge is 2.40. The molecule has 12 heteroatoms. The van der Waals surface area contributed by atoms with Crippen LogP contribution in [0.2, 0.25) is 0 Å². The predicted octanol–water partition coefficient (Wildman–Crippen LogP) is 5.64. The topological polar surface area (TPSA) is 116 Å². The Hall–Kier alpha value is -3.12. The van der Waals surface area contributed by atoms with Crippen molar-refractivity contribution in [3.05, 3.63) is 61.9 Å². The fourth-order valence-electron chi connectivity index (χ4n) is 3.82. The molecule has 0 saturated carbocycles. The van der Waals surface area contributed by atoms with E-state index in [0.29, 0.717) is 20.9 Å². The van der Waals surface area contributed by atoms with Gasteiger partial charge in [0.2, 0.25) is 0 Å². The van der Waals surface area contributed by atoms with Crippen molar-refractivity contribution in [2.24, 2.45) is 10.9 Å². The minimum Gasteiger partial charge on any atom is -0.463 e. The summed E-state index contributed by atoms with van der Waals surface area (Å²) < 4.78 is 30.9. The van der Waals surface area contributed by atoms with E-state index in [-0.39, 0.29) is 24.3 Å². The van der Waals surface area contributed by atoms with Gasteiger partial charge in [0.1, 0.15) is 23.1 Å². The van der Waals surface area contributed by atoms with Gasteiger partial charge in [-0.15, -0.1) is 11.3 Å². The molecular weight excluding hydrogens is 605 g/mol. The number of nitrogens with zero attached hydrogens (tertiary/aromatic N) is 2. The average Bonchev–Trinajstić information content (AvgIpc) is 3.35. The summed E-state index contributed by atoms with van der Waals surface area (Å²) in [5.41, 5.74) is -1.02. The maximum atomic E-state index is 14.0. The smallest absolute Gasteiger partial charge is 0.338 e. The van der Waals surface area contributed by atoms with Gasteiger partial charge >= 0.3 is 17.9 Å². The Morgan fingerprint density at radius 2 is 1.73 bits per heavy atom. The fraction of sp³-hybridized carbons (Fsp3) is 0.464. The van der Waals surface area contributed by atoms with Gasteiger partial charge < -0.3 is 19.5 Å². The van der Waals surface area contributed by atoms with Crippen LogP contribution < -0.4 is 5.32 Å². The van der Waals surface area contributed by atoms with E-state index in [9.17, 15) is 18.8 Å². The molecule has 0 amide bonds. The lowest BCUT2D eigenvalue weighted by Crippen LogP contribution is -2.40. The molecule has 3 rings (SSSR count). The third-order valence-electron chi connectivity index (χ3n) is 5.30. The van der Waals surface area contributed by atoms with Crippen LogP contribution in [0.1, 0.15) is 71.5 Å². The van der Waals surface area contributed by atoms with E-state index >= 15 is 0 Å². The number of carbonyl (C=O) groups excluding carboxylic acids is 3. The highest BCUT2D eigenvalue weighted by molar-refractivity contribution is 9.10. The highest BCUT2D eigenvalue weighted by atomic mass is 79.9. The zero-order valence-electron chi connectivity index (χ0n) is 23.5. The van der Waals surface area contributed by atoms with Crippen LogP contribution in [-0.2, 0) is 28.6 Å². The third kappa shape index (κ3) is 8.20. The fourth-order valence-corrected chi connectivity index (χ4v) is 4.97. The second kappa shape index (κ2) is 12.6. The zero-order chi connectivity index (χ0) is 29.8. The Morgan fingerprint density at radius 1 is 1.10 bits per heavy atom. The van der Waals surface area contributed by atoms with Gasteiger partial charge in [0.25, 0.3) is 0 Å². The van der Waals surface area contributed by atoms with Crippen LogP contribution in [0, 0.1) is 11.7 Å². The molecule has 1 N–H and O–H groups in total. The Morgan fingerprint density at radius 3 is 2.23 bits per heavy atom. The lowest BCUT2D eigenvalue weighted by molar-refractivity contribution is -0.174. The largest absolute Gasteiger partial charge is 0.463 e. The van der Waals surface area contributed by atoms with E-state index < -0.39 is 46.9 Å². The first-order valence-electron chi connectivity index (χ1n) is 12.6. The number of ether oxygens (including phenoxy) is 3. The molecule has 0 aliphatic carbocycles. The van der Waals surface area contributed by atoms with Crippen molar-refractivity contribution in [3.63, 3.8) is 0 Å². The second-order valence-electron chi connectivity index (χ2n) is 10.9. The van der Waals surface area contributed by atoms with Gasteiger partial charge in [0.15, 0.2) is 16.8 Å². The van der Waals surface area contributed by atoms with Gasteiger partial charge in [-0.05, 0) is 66.2 Å². The normalized spacial score (nSPS) is 15.8. The Kier molecular flexibility index (Phi) is 9.89. The first-order chi connectivity index (χ1) is 18.6. The summed E-state index contributed by atoms with van der Waals surface area (Å²) in [6.07, 6.45) is 1.32. The van der Waals surface area contributed by atoms with Crippen molar-refractivity contribution in [1.82, 2.24) is 10.3 Å². The monoisotopic (exact) mass is 637 g/mol. The Labute approximate surface area is 245 Å². The number of halogens is 2. The third-order valence-corrected chi connectivity index (χ3v) is 6.77. The zero-order valence-corrected chi connectivity index (χ0v) is 25.9. The predicted molar refractivity (Wildman–Crippen MR) is 152 cm³/mol. The maximum absolute atomic E-state index is 14.0. The average molecular weight is 639 g/mol. The molecule has 0 bridgehead atoms. The van der Waals surface area contributed by atoms with Crippen molar-refractivity contribution in [2.45, 2.75) is 72.1 Å². The molecule has 0 saturated heterocycles. The molecule has 1 atom stereocenters. The second-order valence-corrected chi connectivity index (χ2v) is 12.7. The summed E-state index contributed by atoms with van der Waals surface area (Å²) in [7, 11) is 0. The number of amidine groups is 1. The number of allylic oxidation sites excluding steroid dienone is 1. The number of thiazole rings is 1. The summed E-state index contributed by atoms with van der Waals surface area (Å²) in [6.45, 7) is 11.9. The molecule has 9 nitrogen and oxygen atoms in total. The van der Waals surface area contributed by atoms with Crippen LogP contribution >= 0.6 is 27.3 Å². The molecule has 40 heavy (non-hydrogen) atoms. The molecule has 0 unspecified atom stereocenters. The molecule has 2 heterocycles. The number of aliphatic imine (C=N–C) groups is 1. The van der Waals surface area contributed by atoms with E-state index in [1.807, 2.05) is 0 Å². The summed E-state index contributed by atoms with van der Waals surface area (Å²) >= 11 is 4.69. The quantitative estimate of drug-likeness (QED) is 0.224. The van der Waals surface area contributed by atoms with Gasteiger partial charge in [-0.3, -0.25) is 14.6 Å². The van der Waals surface area contributed by atoms with Gasteiger partial charge in [-0.25, -0.2) is 14.2 Å². The van der Waals surface area contributed by atoms with Crippen LogP contribution in [0.15, 0.2) is 50.5 Å². The van der Waals surface area contributed by atoms with E-state index in [1.165, 1.54) is 29.5 Å². The summed E-state index contributed by atoms with van der Waals surface area (Å²) in [5, 5.41) is 5.38. The first kappa shape index (κ1) is 31.4.